The summed E-state index contributed by atoms with van der Waals surface area (Å²) in [7, 11) is 0. The predicted octanol–water partition coefficient (Wildman–Crippen LogP) is 5.11. The van der Waals surface area contributed by atoms with Gasteiger partial charge in [0.15, 0.2) is 0 Å². The lowest BCUT2D eigenvalue weighted by molar-refractivity contribution is -0.118. The van der Waals surface area contributed by atoms with Crippen LogP contribution in [0.4, 0.5) is 5.69 Å². The number of rotatable bonds is 3. The highest BCUT2D eigenvalue weighted by Gasteiger charge is 2.17. The first-order valence-electron chi connectivity index (χ1n) is 7.60. The van der Waals surface area contributed by atoms with Crippen molar-refractivity contribution in [1.29, 1.82) is 0 Å². The molecule has 0 fully saturated rings. The maximum absolute atomic E-state index is 12.5. The fraction of sp³-hybridized carbons (Fsp3) is 0.211. The van der Waals surface area contributed by atoms with Crippen molar-refractivity contribution in [3.8, 4) is 0 Å². The number of aryl methyl sites for hydroxylation is 2. The van der Waals surface area contributed by atoms with Crippen molar-refractivity contribution < 1.29 is 4.79 Å². The molecule has 0 aliphatic carbocycles. The first kappa shape index (κ1) is 15.6. The summed E-state index contributed by atoms with van der Waals surface area (Å²) in [5, 5.41) is 4.72. The second kappa shape index (κ2) is 6.09. The quantitative estimate of drug-likeness (QED) is 0.713. The second-order valence-corrected chi connectivity index (χ2v) is 6.32. The van der Waals surface area contributed by atoms with Crippen LogP contribution in [0.1, 0.15) is 24.1 Å². The highest BCUT2D eigenvalue weighted by molar-refractivity contribution is 6.31. The third-order valence-corrected chi connectivity index (χ3v) is 4.52. The number of amides is 1. The normalized spacial score (nSPS) is 12.3. The van der Waals surface area contributed by atoms with Crippen LogP contribution in [0.15, 0.2) is 48.7 Å². The Balaban J connectivity index is 1.84. The number of benzene rings is 2. The van der Waals surface area contributed by atoms with E-state index in [1.165, 1.54) is 5.56 Å². The zero-order valence-corrected chi connectivity index (χ0v) is 14.2. The van der Waals surface area contributed by atoms with E-state index in [-0.39, 0.29) is 11.9 Å². The van der Waals surface area contributed by atoms with Gasteiger partial charge in [-0.3, -0.25) is 4.79 Å². The molecule has 1 N–H and O–H groups in total. The van der Waals surface area contributed by atoms with Gasteiger partial charge in [0.25, 0.3) is 0 Å². The van der Waals surface area contributed by atoms with Gasteiger partial charge in [-0.15, -0.1) is 0 Å². The van der Waals surface area contributed by atoms with Gasteiger partial charge in [0, 0.05) is 22.4 Å². The zero-order chi connectivity index (χ0) is 16.6. The summed E-state index contributed by atoms with van der Waals surface area (Å²) >= 11 is 6.11. The van der Waals surface area contributed by atoms with Crippen LogP contribution in [0.2, 0.25) is 5.02 Å². The largest absolute Gasteiger partial charge is 0.335 e. The predicted molar refractivity (Wildman–Crippen MR) is 96.2 cm³/mol. The van der Waals surface area contributed by atoms with Crippen molar-refractivity contribution in [2.24, 2.45) is 0 Å². The molecule has 118 valence electrons. The van der Waals surface area contributed by atoms with Crippen LogP contribution in [0.5, 0.6) is 0 Å². The van der Waals surface area contributed by atoms with Gasteiger partial charge in [-0.2, -0.15) is 0 Å². The molecule has 0 radical (unpaired) electrons. The van der Waals surface area contributed by atoms with Gasteiger partial charge in [-0.25, -0.2) is 0 Å². The van der Waals surface area contributed by atoms with E-state index in [0.29, 0.717) is 10.7 Å². The summed E-state index contributed by atoms with van der Waals surface area (Å²) in [4.78, 5) is 12.5. The fourth-order valence-corrected chi connectivity index (χ4v) is 2.85. The van der Waals surface area contributed by atoms with Crippen LogP contribution in [0, 0.1) is 13.8 Å². The van der Waals surface area contributed by atoms with Crippen LogP contribution >= 0.6 is 11.6 Å². The molecule has 0 aliphatic heterocycles. The summed E-state index contributed by atoms with van der Waals surface area (Å²) in [5.74, 6) is -0.0667. The maximum Gasteiger partial charge on any atom is 0.247 e. The van der Waals surface area contributed by atoms with Gasteiger partial charge in [0.2, 0.25) is 5.91 Å². The van der Waals surface area contributed by atoms with Gasteiger partial charge < -0.3 is 9.88 Å². The Bertz CT molecular complexity index is 882. The lowest BCUT2D eigenvalue weighted by Crippen LogP contribution is -2.23. The van der Waals surface area contributed by atoms with Gasteiger partial charge in [0.1, 0.15) is 6.04 Å². The fourth-order valence-electron chi connectivity index (χ4n) is 2.66. The van der Waals surface area contributed by atoms with E-state index in [1.54, 1.807) is 6.07 Å². The van der Waals surface area contributed by atoms with Crippen molar-refractivity contribution in [1.82, 2.24) is 4.57 Å². The minimum Gasteiger partial charge on any atom is -0.335 e. The average molecular weight is 327 g/mol. The lowest BCUT2D eigenvalue weighted by atomic mass is 10.2. The van der Waals surface area contributed by atoms with Crippen molar-refractivity contribution in [3.05, 3.63) is 64.8 Å². The smallest absolute Gasteiger partial charge is 0.247 e. The molecule has 1 heterocycles. The van der Waals surface area contributed by atoms with E-state index in [1.807, 2.05) is 42.8 Å². The SMILES string of the molecule is Cc1ccc2c(ccn2C(C)C(=O)Nc2ccc(C)c(Cl)c2)c1. The van der Waals surface area contributed by atoms with Gasteiger partial charge in [-0.05, 0) is 62.1 Å². The molecule has 2 aromatic carbocycles. The molecule has 0 bridgehead atoms. The Morgan fingerprint density at radius 3 is 2.65 bits per heavy atom. The van der Waals surface area contributed by atoms with E-state index in [4.69, 9.17) is 11.6 Å². The van der Waals surface area contributed by atoms with Crippen molar-refractivity contribution in [2.45, 2.75) is 26.8 Å². The lowest BCUT2D eigenvalue weighted by Gasteiger charge is -2.16. The number of fused-ring (bicyclic) bond motifs is 1. The Kier molecular flexibility index (Phi) is 4.14. The molecule has 3 rings (SSSR count). The topological polar surface area (TPSA) is 34.0 Å². The van der Waals surface area contributed by atoms with Crippen molar-refractivity contribution in [2.75, 3.05) is 5.32 Å². The van der Waals surface area contributed by atoms with Crippen LogP contribution < -0.4 is 5.32 Å². The number of aromatic nitrogens is 1. The van der Waals surface area contributed by atoms with Crippen molar-refractivity contribution in [3.63, 3.8) is 0 Å². The Morgan fingerprint density at radius 2 is 1.91 bits per heavy atom. The third-order valence-electron chi connectivity index (χ3n) is 4.11. The van der Waals surface area contributed by atoms with Crippen LogP contribution in [0.3, 0.4) is 0 Å². The summed E-state index contributed by atoms with van der Waals surface area (Å²) in [6.07, 6.45) is 1.95. The molecule has 0 spiro atoms. The molecule has 3 nitrogen and oxygen atoms in total. The number of nitrogens with one attached hydrogen (secondary N) is 1. The van der Waals surface area contributed by atoms with E-state index in [0.717, 1.165) is 16.5 Å². The molecule has 0 saturated carbocycles. The molecule has 3 aromatic rings. The molecular weight excluding hydrogens is 308 g/mol. The van der Waals surface area contributed by atoms with Crippen molar-refractivity contribution >= 4 is 34.1 Å². The Morgan fingerprint density at radius 1 is 1.13 bits per heavy atom. The molecule has 1 atom stereocenters. The van der Waals surface area contributed by atoms with Gasteiger partial charge in [-0.1, -0.05) is 29.3 Å². The Hall–Kier alpha value is -2.26. The highest BCUT2D eigenvalue weighted by atomic mass is 35.5. The van der Waals surface area contributed by atoms with Gasteiger partial charge in [0.05, 0.1) is 0 Å². The van der Waals surface area contributed by atoms with Crippen LogP contribution in [0.25, 0.3) is 10.9 Å². The first-order valence-corrected chi connectivity index (χ1v) is 7.98. The molecule has 0 aliphatic rings. The number of nitrogens with zero attached hydrogens (tertiary/aromatic N) is 1. The number of carbonyl (C=O) groups excluding carboxylic acids is 1. The molecular formula is C19H19ClN2O. The molecule has 1 unspecified atom stereocenters. The number of hydrogen-bond acceptors (Lipinski definition) is 1. The summed E-state index contributed by atoms with van der Waals surface area (Å²) in [6.45, 7) is 5.89. The molecule has 4 heteroatoms. The summed E-state index contributed by atoms with van der Waals surface area (Å²) < 4.78 is 1.99. The minimum atomic E-state index is -0.310. The average Bonchev–Trinajstić information content (AvgIpc) is 2.93. The molecule has 23 heavy (non-hydrogen) atoms. The highest BCUT2D eigenvalue weighted by Crippen LogP contribution is 2.24. The number of carbonyl (C=O) groups is 1. The summed E-state index contributed by atoms with van der Waals surface area (Å²) in [6, 6.07) is 13.5. The van der Waals surface area contributed by atoms with E-state index >= 15 is 0 Å². The zero-order valence-electron chi connectivity index (χ0n) is 13.4. The Labute approximate surface area is 140 Å². The molecule has 1 aromatic heterocycles. The van der Waals surface area contributed by atoms with E-state index in [9.17, 15) is 4.79 Å². The van der Waals surface area contributed by atoms with Crippen LogP contribution in [-0.2, 0) is 4.79 Å². The minimum absolute atomic E-state index is 0.0667. The summed E-state index contributed by atoms with van der Waals surface area (Å²) in [5.41, 5.74) is 3.97. The second-order valence-electron chi connectivity index (χ2n) is 5.91. The van der Waals surface area contributed by atoms with Gasteiger partial charge >= 0.3 is 0 Å². The third kappa shape index (κ3) is 3.10. The standard InChI is InChI=1S/C19H19ClN2O/c1-12-4-7-18-15(10-12)8-9-22(18)14(3)19(23)21-16-6-5-13(2)17(20)11-16/h4-11,14H,1-3H3,(H,21,23). The monoisotopic (exact) mass is 326 g/mol. The number of hydrogen-bond donors (Lipinski definition) is 1. The number of anilines is 1. The number of halogens is 1. The van der Waals surface area contributed by atoms with E-state index in [2.05, 4.69) is 30.4 Å². The van der Waals surface area contributed by atoms with E-state index < -0.39 is 0 Å². The van der Waals surface area contributed by atoms with Crippen LogP contribution in [-0.4, -0.2) is 10.5 Å². The molecule has 0 saturated heterocycles. The maximum atomic E-state index is 12.5. The molecule has 1 amide bonds. The first-order chi connectivity index (χ1) is 11.0.